The third kappa shape index (κ3) is 2.76. The van der Waals surface area contributed by atoms with Gasteiger partial charge in [-0.2, -0.15) is 0 Å². The molecule has 0 aliphatic heterocycles. The zero-order valence-electron chi connectivity index (χ0n) is 10.5. The summed E-state index contributed by atoms with van der Waals surface area (Å²) in [5.41, 5.74) is 6.03. The van der Waals surface area contributed by atoms with Crippen LogP contribution in [0.3, 0.4) is 0 Å². The van der Waals surface area contributed by atoms with E-state index in [2.05, 4.69) is 6.92 Å². The molecule has 92 valence electrons. The summed E-state index contributed by atoms with van der Waals surface area (Å²) in [6.45, 7) is 3.18. The number of hydrogen-bond donors (Lipinski definition) is 1. The Balaban J connectivity index is 1.78. The van der Waals surface area contributed by atoms with Crippen LogP contribution in [0, 0.1) is 11.8 Å². The minimum atomic E-state index is -0.194. The molecule has 0 bridgehead atoms. The fourth-order valence-electron chi connectivity index (χ4n) is 2.80. The lowest BCUT2D eigenvalue weighted by Crippen LogP contribution is -2.43. The minimum absolute atomic E-state index is 0.194. The molecule has 0 spiro atoms. The molecule has 2 N–H and O–H groups in total. The standard InChI is InChI=1S/C13H24N2O/c1-10-7-11(10)9-15(2)12(16)8-13(14)5-3-4-6-13/h10-11H,3-9,14H2,1-2H3. The van der Waals surface area contributed by atoms with E-state index in [-0.39, 0.29) is 11.4 Å². The molecule has 0 heterocycles. The molecule has 2 aliphatic rings. The summed E-state index contributed by atoms with van der Waals surface area (Å²) in [6.07, 6.45) is 6.25. The van der Waals surface area contributed by atoms with Gasteiger partial charge in [-0.05, 0) is 31.1 Å². The van der Waals surface area contributed by atoms with E-state index in [4.69, 9.17) is 5.73 Å². The van der Waals surface area contributed by atoms with Gasteiger partial charge in [0.25, 0.3) is 0 Å². The van der Waals surface area contributed by atoms with Crippen molar-refractivity contribution >= 4 is 5.91 Å². The topological polar surface area (TPSA) is 46.3 Å². The second-order valence-electron chi connectivity index (χ2n) is 5.99. The van der Waals surface area contributed by atoms with E-state index in [9.17, 15) is 4.79 Å². The Labute approximate surface area is 98.4 Å². The van der Waals surface area contributed by atoms with Gasteiger partial charge in [0, 0.05) is 25.6 Å². The van der Waals surface area contributed by atoms with Crippen molar-refractivity contribution in [3.63, 3.8) is 0 Å². The van der Waals surface area contributed by atoms with Crippen LogP contribution >= 0.6 is 0 Å². The number of nitrogens with two attached hydrogens (primary N) is 1. The van der Waals surface area contributed by atoms with Gasteiger partial charge >= 0.3 is 0 Å². The van der Waals surface area contributed by atoms with Gasteiger partial charge in [0.15, 0.2) is 0 Å². The Morgan fingerprint density at radius 2 is 2.00 bits per heavy atom. The molecule has 2 aliphatic carbocycles. The quantitative estimate of drug-likeness (QED) is 0.791. The van der Waals surface area contributed by atoms with Crippen molar-refractivity contribution in [1.82, 2.24) is 4.90 Å². The van der Waals surface area contributed by atoms with E-state index >= 15 is 0 Å². The molecule has 0 aromatic rings. The molecular formula is C13H24N2O. The molecule has 0 aromatic carbocycles. The van der Waals surface area contributed by atoms with Crippen LogP contribution in [0.2, 0.25) is 0 Å². The van der Waals surface area contributed by atoms with Gasteiger partial charge < -0.3 is 10.6 Å². The molecule has 2 unspecified atom stereocenters. The Bertz CT molecular complexity index is 271. The highest BCUT2D eigenvalue weighted by Gasteiger charge is 2.36. The number of rotatable bonds is 4. The summed E-state index contributed by atoms with van der Waals surface area (Å²) in [5, 5.41) is 0. The van der Waals surface area contributed by atoms with Crippen LogP contribution in [-0.2, 0) is 4.79 Å². The minimum Gasteiger partial charge on any atom is -0.345 e. The van der Waals surface area contributed by atoms with Crippen LogP contribution in [0.15, 0.2) is 0 Å². The normalized spacial score (nSPS) is 31.4. The summed E-state index contributed by atoms with van der Waals surface area (Å²) in [7, 11) is 1.92. The van der Waals surface area contributed by atoms with Gasteiger partial charge in [-0.25, -0.2) is 0 Å². The molecule has 0 aromatic heterocycles. The molecular weight excluding hydrogens is 200 g/mol. The highest BCUT2D eigenvalue weighted by molar-refractivity contribution is 5.77. The highest BCUT2D eigenvalue weighted by atomic mass is 16.2. The van der Waals surface area contributed by atoms with Crippen molar-refractivity contribution in [2.24, 2.45) is 17.6 Å². The Morgan fingerprint density at radius 3 is 2.50 bits per heavy atom. The highest BCUT2D eigenvalue weighted by Crippen LogP contribution is 2.38. The number of carbonyl (C=O) groups excluding carboxylic acids is 1. The maximum atomic E-state index is 12.0. The predicted molar refractivity (Wildman–Crippen MR) is 64.9 cm³/mol. The van der Waals surface area contributed by atoms with E-state index in [1.807, 2.05) is 11.9 Å². The van der Waals surface area contributed by atoms with Gasteiger partial charge in [-0.15, -0.1) is 0 Å². The third-order valence-electron chi connectivity index (χ3n) is 4.31. The van der Waals surface area contributed by atoms with E-state index in [0.717, 1.165) is 31.2 Å². The van der Waals surface area contributed by atoms with E-state index in [1.165, 1.54) is 19.3 Å². The maximum absolute atomic E-state index is 12.0. The number of nitrogens with zero attached hydrogens (tertiary/aromatic N) is 1. The van der Waals surface area contributed by atoms with Crippen LogP contribution in [0.4, 0.5) is 0 Å². The molecule has 1 amide bonds. The van der Waals surface area contributed by atoms with E-state index in [1.54, 1.807) is 0 Å². The van der Waals surface area contributed by atoms with Crippen LogP contribution in [0.5, 0.6) is 0 Å². The van der Waals surface area contributed by atoms with Gasteiger partial charge in [-0.3, -0.25) is 4.79 Å². The lowest BCUT2D eigenvalue weighted by atomic mass is 9.94. The largest absolute Gasteiger partial charge is 0.345 e. The van der Waals surface area contributed by atoms with Gasteiger partial charge in [0.05, 0.1) is 0 Å². The van der Waals surface area contributed by atoms with Crippen molar-refractivity contribution in [1.29, 1.82) is 0 Å². The summed E-state index contributed by atoms with van der Waals surface area (Å²) in [5.74, 6) is 1.79. The van der Waals surface area contributed by atoms with Crippen LogP contribution in [-0.4, -0.2) is 29.9 Å². The fourth-order valence-corrected chi connectivity index (χ4v) is 2.80. The van der Waals surface area contributed by atoms with Crippen molar-refractivity contribution in [3.8, 4) is 0 Å². The molecule has 0 radical (unpaired) electrons. The summed E-state index contributed by atoms with van der Waals surface area (Å²) < 4.78 is 0. The van der Waals surface area contributed by atoms with Crippen molar-refractivity contribution < 1.29 is 4.79 Å². The first-order valence-corrected chi connectivity index (χ1v) is 6.53. The monoisotopic (exact) mass is 224 g/mol. The third-order valence-corrected chi connectivity index (χ3v) is 4.31. The molecule has 16 heavy (non-hydrogen) atoms. The average Bonchev–Trinajstić information content (AvgIpc) is 2.73. The predicted octanol–water partition coefficient (Wildman–Crippen LogP) is 1.76. The fraction of sp³-hybridized carbons (Fsp3) is 0.923. The van der Waals surface area contributed by atoms with Gasteiger partial charge in [0.2, 0.25) is 5.91 Å². The Hall–Kier alpha value is -0.570. The Morgan fingerprint density at radius 1 is 1.44 bits per heavy atom. The van der Waals surface area contributed by atoms with Gasteiger partial charge in [0.1, 0.15) is 0 Å². The SMILES string of the molecule is CC1CC1CN(C)C(=O)CC1(N)CCCC1. The first-order valence-electron chi connectivity index (χ1n) is 6.53. The van der Waals surface area contributed by atoms with Crippen molar-refractivity contribution in [3.05, 3.63) is 0 Å². The van der Waals surface area contributed by atoms with Crippen LogP contribution in [0.25, 0.3) is 0 Å². The summed E-state index contributed by atoms with van der Waals surface area (Å²) in [4.78, 5) is 13.9. The summed E-state index contributed by atoms with van der Waals surface area (Å²) >= 11 is 0. The molecule has 2 rings (SSSR count). The first-order chi connectivity index (χ1) is 7.50. The molecule has 3 nitrogen and oxygen atoms in total. The zero-order chi connectivity index (χ0) is 11.8. The first kappa shape index (κ1) is 11.9. The van der Waals surface area contributed by atoms with Crippen LogP contribution in [0.1, 0.15) is 45.4 Å². The smallest absolute Gasteiger partial charge is 0.224 e. The second kappa shape index (κ2) is 4.36. The molecule has 0 saturated heterocycles. The average molecular weight is 224 g/mol. The van der Waals surface area contributed by atoms with Gasteiger partial charge in [-0.1, -0.05) is 19.8 Å². The lowest BCUT2D eigenvalue weighted by Gasteiger charge is -2.26. The van der Waals surface area contributed by atoms with Crippen molar-refractivity contribution in [2.45, 2.75) is 51.0 Å². The Kier molecular flexibility index (Phi) is 3.24. The number of hydrogen-bond acceptors (Lipinski definition) is 2. The van der Waals surface area contributed by atoms with E-state index in [0.29, 0.717) is 6.42 Å². The number of amides is 1. The molecule has 2 saturated carbocycles. The second-order valence-corrected chi connectivity index (χ2v) is 5.99. The van der Waals surface area contributed by atoms with E-state index < -0.39 is 0 Å². The summed E-state index contributed by atoms with van der Waals surface area (Å²) in [6, 6.07) is 0. The van der Waals surface area contributed by atoms with Crippen LogP contribution < -0.4 is 5.73 Å². The molecule has 2 fully saturated rings. The van der Waals surface area contributed by atoms with Crippen molar-refractivity contribution in [2.75, 3.05) is 13.6 Å². The zero-order valence-corrected chi connectivity index (χ0v) is 10.5. The molecule has 2 atom stereocenters. The lowest BCUT2D eigenvalue weighted by molar-refractivity contribution is -0.131. The maximum Gasteiger partial charge on any atom is 0.224 e. The number of carbonyl (C=O) groups is 1. The molecule has 3 heteroatoms.